The molecular formula is C16H36N6+4. The van der Waals surface area contributed by atoms with Crippen LogP contribution in [0.1, 0.15) is 20.3 Å². The lowest BCUT2D eigenvalue weighted by atomic mass is 10.1. The number of nitrogens with two attached hydrogens (primary N) is 1. The van der Waals surface area contributed by atoms with Crippen molar-refractivity contribution in [3.05, 3.63) is 12.7 Å². The molecule has 0 amide bonds. The van der Waals surface area contributed by atoms with Crippen molar-refractivity contribution < 1.29 is 18.2 Å². The number of hydrogen-bond acceptors (Lipinski definition) is 1. The van der Waals surface area contributed by atoms with Gasteiger partial charge in [0.05, 0.1) is 20.1 Å². The molecular weight excluding hydrogens is 276 g/mol. The van der Waals surface area contributed by atoms with Gasteiger partial charge in [-0.3, -0.25) is 0 Å². The standard InChI is InChI=1S/C16H35N6/c1-16(2)22(4)12-10-21(3,11-13-22)9-8-20-15-19(14-18-20)7-5-6-17/h14-16H,5-13,17H2,1-4H3/q+3/p+1. The van der Waals surface area contributed by atoms with E-state index < -0.39 is 0 Å². The lowest BCUT2D eigenvalue weighted by molar-refractivity contribution is -1.03. The Bertz CT molecular complexity index is 459. The van der Waals surface area contributed by atoms with E-state index in [-0.39, 0.29) is 0 Å². The number of H-pyrrole nitrogens is 1. The lowest BCUT2D eigenvalue weighted by Crippen LogP contribution is -2.67. The summed E-state index contributed by atoms with van der Waals surface area (Å²) in [7, 11) is 4.82. The molecule has 1 aliphatic rings. The number of likely N-dealkylation sites (N-methyl/N-ethyl adjacent to an activating group) is 2. The Kier molecular flexibility index (Phi) is 5.58. The minimum Gasteiger partial charge on any atom is -0.330 e. The van der Waals surface area contributed by atoms with Gasteiger partial charge >= 0.3 is 6.33 Å². The quantitative estimate of drug-likeness (QED) is 0.505. The molecule has 0 aliphatic carbocycles. The average molecular weight is 313 g/mol. The van der Waals surface area contributed by atoms with E-state index in [1.807, 2.05) is 6.33 Å². The Balaban J connectivity index is 1.83. The van der Waals surface area contributed by atoms with E-state index in [9.17, 15) is 0 Å². The molecule has 1 aromatic heterocycles. The van der Waals surface area contributed by atoms with Gasteiger partial charge in [-0.2, -0.15) is 0 Å². The molecule has 2 heterocycles. The molecule has 22 heavy (non-hydrogen) atoms. The van der Waals surface area contributed by atoms with Gasteiger partial charge in [0, 0.05) is 6.42 Å². The number of rotatable bonds is 7. The van der Waals surface area contributed by atoms with Gasteiger partial charge in [-0.05, 0) is 25.1 Å². The molecule has 126 valence electrons. The third kappa shape index (κ3) is 4.27. The van der Waals surface area contributed by atoms with Gasteiger partial charge in [0.15, 0.2) is 6.54 Å². The molecule has 1 aromatic rings. The number of piperazine rings is 1. The molecule has 0 saturated carbocycles. The van der Waals surface area contributed by atoms with Crippen LogP contribution in [0, 0.1) is 0 Å². The van der Waals surface area contributed by atoms with E-state index in [1.165, 1.54) is 41.7 Å². The van der Waals surface area contributed by atoms with Crippen molar-refractivity contribution >= 4 is 0 Å². The van der Waals surface area contributed by atoms with E-state index in [1.54, 1.807) is 0 Å². The summed E-state index contributed by atoms with van der Waals surface area (Å²) in [5.74, 6) is 0. The molecule has 6 heteroatoms. The maximum atomic E-state index is 5.57. The van der Waals surface area contributed by atoms with Gasteiger partial charge in [0.25, 0.3) is 6.33 Å². The van der Waals surface area contributed by atoms with Crippen molar-refractivity contribution in [2.24, 2.45) is 5.73 Å². The normalized spacial score (nSPS) is 29.2. The molecule has 0 spiro atoms. The van der Waals surface area contributed by atoms with E-state index in [4.69, 9.17) is 5.73 Å². The average Bonchev–Trinajstić information content (AvgIpc) is 2.95. The van der Waals surface area contributed by atoms with Crippen LogP contribution in [0.2, 0.25) is 0 Å². The zero-order valence-corrected chi connectivity index (χ0v) is 15.0. The van der Waals surface area contributed by atoms with E-state index >= 15 is 0 Å². The van der Waals surface area contributed by atoms with Crippen LogP contribution in [0.4, 0.5) is 0 Å². The first-order chi connectivity index (χ1) is 10.4. The van der Waals surface area contributed by atoms with Crippen LogP contribution in [0.5, 0.6) is 0 Å². The predicted octanol–water partition coefficient (Wildman–Crippen LogP) is -0.746. The van der Waals surface area contributed by atoms with Crippen molar-refractivity contribution in [3.63, 3.8) is 0 Å². The summed E-state index contributed by atoms with van der Waals surface area (Å²) < 4.78 is 6.80. The van der Waals surface area contributed by atoms with E-state index in [0.717, 1.165) is 32.1 Å². The fourth-order valence-electron chi connectivity index (χ4n) is 3.16. The maximum Gasteiger partial charge on any atom is 0.431 e. The molecule has 0 unspecified atom stereocenters. The molecule has 0 radical (unpaired) electrons. The first-order valence-corrected chi connectivity index (χ1v) is 8.72. The summed E-state index contributed by atoms with van der Waals surface area (Å²) in [6.45, 7) is 13.8. The molecule has 1 fully saturated rings. The molecule has 1 saturated heterocycles. The number of quaternary nitrogens is 2. The Labute approximate surface area is 135 Å². The number of nitrogens with zero attached hydrogens (tertiary/aromatic N) is 4. The summed E-state index contributed by atoms with van der Waals surface area (Å²) in [5, 5.41) is 3.33. The number of hydrogen-bond donors (Lipinski definition) is 2. The van der Waals surface area contributed by atoms with Crippen LogP contribution in [-0.4, -0.2) is 73.5 Å². The molecule has 3 N–H and O–H groups in total. The summed E-state index contributed by atoms with van der Waals surface area (Å²) in [5.41, 5.74) is 5.57. The van der Waals surface area contributed by atoms with E-state index in [2.05, 4.69) is 48.6 Å². The Morgan fingerprint density at radius 2 is 1.82 bits per heavy atom. The van der Waals surface area contributed by atoms with Gasteiger partial charge in [0.2, 0.25) is 6.54 Å². The van der Waals surface area contributed by atoms with Crippen molar-refractivity contribution in [1.29, 1.82) is 0 Å². The van der Waals surface area contributed by atoms with E-state index in [0.29, 0.717) is 0 Å². The first kappa shape index (κ1) is 17.4. The van der Waals surface area contributed by atoms with Crippen LogP contribution in [0.25, 0.3) is 0 Å². The van der Waals surface area contributed by atoms with Crippen LogP contribution < -0.4 is 15.0 Å². The molecule has 2 rings (SSSR count). The van der Waals surface area contributed by atoms with Gasteiger partial charge in [-0.15, -0.1) is 9.67 Å². The lowest BCUT2D eigenvalue weighted by Gasteiger charge is -2.47. The summed E-state index contributed by atoms with van der Waals surface area (Å²) in [6.07, 6.45) is 5.24. The molecule has 6 nitrogen and oxygen atoms in total. The first-order valence-electron chi connectivity index (χ1n) is 8.72. The van der Waals surface area contributed by atoms with Gasteiger partial charge in [-0.25, -0.2) is 0 Å². The zero-order valence-electron chi connectivity index (χ0n) is 15.0. The summed E-state index contributed by atoms with van der Waals surface area (Å²) in [4.78, 5) is 0. The zero-order chi connectivity index (χ0) is 16.2. The third-order valence-corrected chi connectivity index (χ3v) is 5.73. The molecule has 0 bridgehead atoms. The summed E-state index contributed by atoms with van der Waals surface area (Å²) >= 11 is 0. The highest BCUT2D eigenvalue weighted by molar-refractivity contribution is 4.53. The molecule has 0 aromatic carbocycles. The topological polar surface area (TPSA) is 49.6 Å². The van der Waals surface area contributed by atoms with Crippen LogP contribution in [-0.2, 0) is 13.1 Å². The Morgan fingerprint density at radius 3 is 2.41 bits per heavy atom. The van der Waals surface area contributed by atoms with Crippen molar-refractivity contribution in [1.82, 2.24) is 5.10 Å². The Hall–Kier alpha value is -0.980. The van der Waals surface area contributed by atoms with Crippen LogP contribution >= 0.6 is 0 Å². The predicted molar refractivity (Wildman–Crippen MR) is 86.7 cm³/mol. The Morgan fingerprint density at radius 1 is 1.14 bits per heavy atom. The van der Waals surface area contributed by atoms with Gasteiger partial charge in [-0.1, -0.05) is 0 Å². The maximum absolute atomic E-state index is 5.57. The number of aromatic nitrogens is 3. The fraction of sp³-hybridized carbons (Fsp3) is 0.875. The molecule has 0 atom stereocenters. The number of aromatic amines is 1. The number of aryl methyl sites for hydroxylation is 1. The minimum atomic E-state index is 0.730. The van der Waals surface area contributed by atoms with Crippen molar-refractivity contribution in [2.75, 3.05) is 53.4 Å². The highest BCUT2D eigenvalue weighted by atomic mass is 15.5. The SMILES string of the molecule is CC(C)[N+]1(C)CC[N+](C)(CC[n+]2c[n+](CCCN)c[nH]2)CC1. The number of nitrogens with one attached hydrogen (secondary N) is 1. The monoisotopic (exact) mass is 312 g/mol. The molecule has 1 aliphatic heterocycles. The van der Waals surface area contributed by atoms with Crippen molar-refractivity contribution in [3.8, 4) is 0 Å². The second-order valence-electron chi connectivity index (χ2n) is 7.76. The smallest absolute Gasteiger partial charge is 0.330 e. The van der Waals surface area contributed by atoms with Gasteiger partial charge in [0.1, 0.15) is 32.7 Å². The van der Waals surface area contributed by atoms with Crippen LogP contribution in [0.15, 0.2) is 12.7 Å². The third-order valence-electron chi connectivity index (χ3n) is 5.73. The fourth-order valence-corrected chi connectivity index (χ4v) is 3.16. The van der Waals surface area contributed by atoms with Gasteiger partial charge < -0.3 is 14.7 Å². The highest BCUT2D eigenvalue weighted by Gasteiger charge is 2.39. The van der Waals surface area contributed by atoms with Crippen molar-refractivity contribution in [2.45, 2.75) is 39.4 Å². The largest absolute Gasteiger partial charge is 0.431 e. The van der Waals surface area contributed by atoms with Crippen LogP contribution in [0.3, 0.4) is 0 Å². The second kappa shape index (κ2) is 7.06. The minimum absolute atomic E-state index is 0.730. The second-order valence-corrected chi connectivity index (χ2v) is 7.76. The summed E-state index contributed by atoms with van der Waals surface area (Å²) in [6, 6.07) is 0.730. The highest BCUT2D eigenvalue weighted by Crippen LogP contribution is 2.18.